The van der Waals surface area contributed by atoms with Crippen LogP contribution in [-0.4, -0.2) is 18.1 Å². The molecule has 1 aliphatic rings. The predicted molar refractivity (Wildman–Crippen MR) is 69.7 cm³/mol. The third-order valence-electron chi connectivity index (χ3n) is 3.96. The monoisotopic (exact) mass is 241 g/mol. The Labute approximate surface area is 105 Å². The van der Waals surface area contributed by atoms with Gasteiger partial charge in [-0.1, -0.05) is 33.1 Å². The van der Waals surface area contributed by atoms with Crippen LogP contribution in [0.4, 0.5) is 0 Å². The van der Waals surface area contributed by atoms with Crippen LogP contribution in [0.15, 0.2) is 0 Å². The Morgan fingerprint density at radius 3 is 2.47 bits per heavy atom. The molecule has 0 aromatic carbocycles. The number of esters is 1. The van der Waals surface area contributed by atoms with E-state index in [2.05, 4.69) is 13.8 Å². The van der Waals surface area contributed by atoms with Crippen LogP contribution >= 0.6 is 0 Å². The fraction of sp³-hybridized carbons (Fsp3) is 0.929. The molecule has 2 N–H and O–H groups in total. The summed E-state index contributed by atoms with van der Waals surface area (Å²) in [4.78, 5) is 11.9. The molecular weight excluding hydrogens is 214 g/mol. The van der Waals surface area contributed by atoms with Gasteiger partial charge in [0.2, 0.25) is 0 Å². The number of carbonyl (C=O) groups excluding carboxylic acids is 1. The maximum absolute atomic E-state index is 11.9. The summed E-state index contributed by atoms with van der Waals surface area (Å²) in [6.07, 6.45) is 8.12. The van der Waals surface area contributed by atoms with Crippen LogP contribution in [0.1, 0.15) is 65.2 Å². The van der Waals surface area contributed by atoms with Crippen molar-refractivity contribution in [3.63, 3.8) is 0 Å². The van der Waals surface area contributed by atoms with Crippen molar-refractivity contribution in [3.8, 4) is 0 Å². The second-order valence-electron chi connectivity index (χ2n) is 5.35. The average molecular weight is 241 g/mol. The summed E-state index contributed by atoms with van der Waals surface area (Å²) in [5.41, 5.74) is 5.46. The van der Waals surface area contributed by atoms with Gasteiger partial charge in [-0.3, -0.25) is 4.79 Å². The molecule has 0 spiro atoms. The second-order valence-corrected chi connectivity index (χ2v) is 5.35. The van der Waals surface area contributed by atoms with Crippen molar-refractivity contribution in [1.29, 1.82) is 0 Å². The summed E-state index contributed by atoms with van der Waals surface area (Å²) in [6.45, 7) is 4.87. The number of carbonyl (C=O) groups is 1. The molecular formula is C14H27NO2. The molecule has 0 atom stereocenters. The zero-order valence-corrected chi connectivity index (χ0v) is 11.3. The maximum atomic E-state index is 11.9. The van der Waals surface area contributed by atoms with Crippen LogP contribution in [0.3, 0.4) is 0 Å². The van der Waals surface area contributed by atoms with Gasteiger partial charge in [-0.15, -0.1) is 0 Å². The molecule has 0 aliphatic heterocycles. The molecule has 1 saturated carbocycles. The van der Waals surface area contributed by atoms with E-state index in [-0.39, 0.29) is 5.97 Å². The smallest absolute Gasteiger partial charge is 0.326 e. The van der Waals surface area contributed by atoms with E-state index in [1.54, 1.807) is 0 Å². The van der Waals surface area contributed by atoms with Crippen LogP contribution in [0, 0.1) is 5.92 Å². The number of rotatable bonds is 6. The zero-order valence-electron chi connectivity index (χ0n) is 11.3. The maximum Gasteiger partial charge on any atom is 0.326 e. The summed E-state index contributed by atoms with van der Waals surface area (Å²) in [5, 5.41) is 0. The van der Waals surface area contributed by atoms with Gasteiger partial charge in [-0.25, -0.2) is 0 Å². The third kappa shape index (κ3) is 4.30. The zero-order chi connectivity index (χ0) is 12.7. The van der Waals surface area contributed by atoms with E-state index in [0.29, 0.717) is 6.61 Å². The lowest BCUT2D eigenvalue weighted by Gasteiger charge is -2.34. The summed E-state index contributed by atoms with van der Waals surface area (Å²) in [5.74, 6) is 0.572. The fourth-order valence-corrected chi connectivity index (χ4v) is 2.47. The number of nitrogens with two attached hydrogens (primary N) is 1. The molecule has 17 heavy (non-hydrogen) atoms. The van der Waals surface area contributed by atoms with Crippen molar-refractivity contribution in [3.05, 3.63) is 0 Å². The summed E-state index contributed by atoms with van der Waals surface area (Å²) >= 11 is 0. The van der Waals surface area contributed by atoms with Crippen molar-refractivity contribution in [1.82, 2.24) is 0 Å². The highest BCUT2D eigenvalue weighted by Gasteiger charge is 2.39. The normalized spacial score (nSPS) is 29.0. The van der Waals surface area contributed by atoms with Crippen LogP contribution in [0.5, 0.6) is 0 Å². The van der Waals surface area contributed by atoms with Gasteiger partial charge in [0.1, 0.15) is 5.54 Å². The molecule has 100 valence electrons. The van der Waals surface area contributed by atoms with Crippen molar-refractivity contribution in [2.24, 2.45) is 11.7 Å². The Hall–Kier alpha value is -0.570. The van der Waals surface area contributed by atoms with E-state index in [4.69, 9.17) is 10.5 Å². The molecule has 0 saturated heterocycles. The molecule has 0 heterocycles. The molecule has 1 aliphatic carbocycles. The quantitative estimate of drug-likeness (QED) is 0.574. The first kappa shape index (κ1) is 14.5. The number of hydrogen-bond acceptors (Lipinski definition) is 3. The molecule has 3 nitrogen and oxygen atoms in total. The Kier molecular flexibility index (Phi) is 5.96. The van der Waals surface area contributed by atoms with Crippen LogP contribution in [0.2, 0.25) is 0 Å². The third-order valence-corrected chi connectivity index (χ3v) is 3.96. The minimum atomic E-state index is -0.697. The minimum Gasteiger partial charge on any atom is -0.464 e. The fourth-order valence-electron chi connectivity index (χ4n) is 2.47. The van der Waals surface area contributed by atoms with Gasteiger partial charge < -0.3 is 10.5 Å². The van der Waals surface area contributed by atoms with Gasteiger partial charge in [0.05, 0.1) is 6.61 Å². The molecule has 0 aromatic rings. The first-order chi connectivity index (χ1) is 8.12. The van der Waals surface area contributed by atoms with Crippen molar-refractivity contribution >= 4 is 5.97 Å². The van der Waals surface area contributed by atoms with E-state index >= 15 is 0 Å². The van der Waals surface area contributed by atoms with Crippen molar-refractivity contribution < 1.29 is 9.53 Å². The van der Waals surface area contributed by atoms with Crippen LogP contribution < -0.4 is 5.73 Å². The molecule has 1 fully saturated rings. The topological polar surface area (TPSA) is 52.3 Å². The van der Waals surface area contributed by atoms with Gasteiger partial charge in [-0.05, 0) is 38.0 Å². The van der Waals surface area contributed by atoms with E-state index in [9.17, 15) is 4.79 Å². The Morgan fingerprint density at radius 2 is 1.94 bits per heavy atom. The number of hydrogen-bond donors (Lipinski definition) is 1. The van der Waals surface area contributed by atoms with Gasteiger partial charge in [-0.2, -0.15) is 0 Å². The minimum absolute atomic E-state index is 0.178. The molecule has 1 rings (SSSR count). The Balaban J connectivity index is 2.30. The number of unbranched alkanes of at least 4 members (excludes halogenated alkanes) is 2. The first-order valence-electron chi connectivity index (χ1n) is 7.08. The predicted octanol–water partition coefficient (Wildman–Crippen LogP) is 3.02. The highest BCUT2D eigenvalue weighted by atomic mass is 16.5. The van der Waals surface area contributed by atoms with Crippen molar-refractivity contribution in [2.45, 2.75) is 70.8 Å². The lowest BCUT2D eigenvalue weighted by Crippen LogP contribution is -2.51. The van der Waals surface area contributed by atoms with Crippen LogP contribution in [0.25, 0.3) is 0 Å². The SMILES string of the molecule is CCCCCOC(=O)C1(N)CCC(CC)CC1. The van der Waals surface area contributed by atoms with E-state index in [0.717, 1.165) is 50.9 Å². The van der Waals surface area contributed by atoms with E-state index in [1.165, 1.54) is 6.42 Å². The molecule has 0 unspecified atom stereocenters. The molecule has 0 radical (unpaired) electrons. The first-order valence-corrected chi connectivity index (χ1v) is 7.08. The standard InChI is InChI=1S/C14H27NO2/c1-3-5-6-11-17-13(16)14(15)9-7-12(4-2)8-10-14/h12H,3-11,15H2,1-2H3. The van der Waals surface area contributed by atoms with Gasteiger partial charge >= 0.3 is 5.97 Å². The molecule has 3 heteroatoms. The van der Waals surface area contributed by atoms with Gasteiger partial charge in [0.25, 0.3) is 0 Å². The van der Waals surface area contributed by atoms with Gasteiger partial charge in [0.15, 0.2) is 0 Å². The van der Waals surface area contributed by atoms with Crippen molar-refractivity contribution in [2.75, 3.05) is 6.61 Å². The average Bonchev–Trinajstić information content (AvgIpc) is 2.35. The summed E-state index contributed by atoms with van der Waals surface area (Å²) < 4.78 is 5.29. The number of ether oxygens (including phenoxy) is 1. The second kappa shape index (κ2) is 7.00. The van der Waals surface area contributed by atoms with E-state index < -0.39 is 5.54 Å². The van der Waals surface area contributed by atoms with Crippen LogP contribution in [-0.2, 0) is 9.53 Å². The molecule has 0 amide bonds. The molecule has 0 bridgehead atoms. The van der Waals surface area contributed by atoms with Gasteiger partial charge in [0, 0.05) is 0 Å². The lowest BCUT2D eigenvalue weighted by molar-refractivity contribution is -0.152. The highest BCUT2D eigenvalue weighted by molar-refractivity contribution is 5.80. The van der Waals surface area contributed by atoms with E-state index in [1.807, 2.05) is 0 Å². The highest BCUT2D eigenvalue weighted by Crippen LogP contribution is 2.32. The summed E-state index contributed by atoms with van der Waals surface area (Å²) in [6, 6.07) is 0. The summed E-state index contributed by atoms with van der Waals surface area (Å²) in [7, 11) is 0. The lowest BCUT2D eigenvalue weighted by atomic mass is 9.76. The molecule has 0 aromatic heterocycles. The Morgan fingerprint density at radius 1 is 1.29 bits per heavy atom. The Bertz CT molecular complexity index is 232. The largest absolute Gasteiger partial charge is 0.464 e.